The molecule has 0 fully saturated rings. The van der Waals surface area contributed by atoms with E-state index in [9.17, 15) is 0 Å². The van der Waals surface area contributed by atoms with Crippen molar-refractivity contribution < 1.29 is 4.74 Å². The molecule has 0 radical (unpaired) electrons. The van der Waals surface area contributed by atoms with E-state index in [0.717, 1.165) is 20.3 Å². The summed E-state index contributed by atoms with van der Waals surface area (Å²) in [6, 6.07) is 11.2. The lowest BCUT2D eigenvalue weighted by molar-refractivity contribution is 0.302. The maximum absolute atomic E-state index is 5.92. The SMILES string of the molecule is Nc1cc(Br)c(OCc2cccc(Cl)c2)c(Br)c1. The van der Waals surface area contributed by atoms with Gasteiger partial charge in [-0.15, -0.1) is 0 Å². The molecule has 0 saturated heterocycles. The second-order valence-corrected chi connectivity index (χ2v) is 5.88. The second-order valence-electron chi connectivity index (χ2n) is 3.73. The van der Waals surface area contributed by atoms with E-state index in [2.05, 4.69) is 31.9 Å². The van der Waals surface area contributed by atoms with Crippen LogP contribution in [0.5, 0.6) is 5.75 Å². The summed E-state index contributed by atoms with van der Waals surface area (Å²) in [6.07, 6.45) is 0. The van der Waals surface area contributed by atoms with Crippen molar-refractivity contribution in [2.75, 3.05) is 5.73 Å². The average Bonchev–Trinajstić information content (AvgIpc) is 2.27. The lowest BCUT2D eigenvalue weighted by Gasteiger charge is -2.11. The van der Waals surface area contributed by atoms with Gasteiger partial charge in [-0.05, 0) is 61.7 Å². The first-order valence-electron chi connectivity index (χ1n) is 5.18. The third-order valence-electron chi connectivity index (χ3n) is 2.29. The van der Waals surface area contributed by atoms with E-state index in [0.29, 0.717) is 17.3 Å². The van der Waals surface area contributed by atoms with E-state index in [1.165, 1.54) is 0 Å². The minimum atomic E-state index is 0.446. The molecule has 2 nitrogen and oxygen atoms in total. The van der Waals surface area contributed by atoms with Gasteiger partial charge in [0.2, 0.25) is 0 Å². The minimum absolute atomic E-state index is 0.446. The Hall–Kier alpha value is -0.710. The Bertz CT molecular complexity index is 552. The fraction of sp³-hybridized carbons (Fsp3) is 0.0769. The molecule has 0 aliphatic carbocycles. The summed E-state index contributed by atoms with van der Waals surface area (Å²) < 4.78 is 7.39. The number of halogens is 3. The number of hydrogen-bond donors (Lipinski definition) is 1. The van der Waals surface area contributed by atoms with Crippen LogP contribution in [-0.4, -0.2) is 0 Å². The molecule has 0 atom stereocenters. The number of rotatable bonds is 3. The van der Waals surface area contributed by atoms with Crippen molar-refractivity contribution in [2.24, 2.45) is 0 Å². The second kappa shape index (κ2) is 5.95. The molecule has 2 rings (SSSR count). The van der Waals surface area contributed by atoms with E-state index in [4.69, 9.17) is 22.1 Å². The highest BCUT2D eigenvalue weighted by molar-refractivity contribution is 9.11. The Morgan fingerprint density at radius 1 is 1.11 bits per heavy atom. The summed E-state index contributed by atoms with van der Waals surface area (Å²) in [7, 11) is 0. The number of hydrogen-bond acceptors (Lipinski definition) is 2. The molecule has 0 aromatic heterocycles. The number of nitrogens with two attached hydrogens (primary N) is 1. The molecule has 2 aromatic rings. The van der Waals surface area contributed by atoms with Crippen LogP contribution in [0, 0.1) is 0 Å². The van der Waals surface area contributed by atoms with Crippen molar-refractivity contribution in [3.63, 3.8) is 0 Å². The van der Waals surface area contributed by atoms with Gasteiger partial charge in [0.25, 0.3) is 0 Å². The molecule has 0 aliphatic rings. The number of ether oxygens (including phenoxy) is 1. The van der Waals surface area contributed by atoms with E-state index in [1.807, 2.05) is 24.3 Å². The first kappa shape index (κ1) is 13.7. The summed E-state index contributed by atoms with van der Waals surface area (Å²) in [6.45, 7) is 0.446. The molecule has 0 spiro atoms. The summed E-state index contributed by atoms with van der Waals surface area (Å²) >= 11 is 12.8. The molecule has 0 unspecified atom stereocenters. The third kappa shape index (κ3) is 3.40. The van der Waals surface area contributed by atoms with Gasteiger partial charge in [0.05, 0.1) is 8.95 Å². The van der Waals surface area contributed by atoms with Crippen LogP contribution in [0.4, 0.5) is 5.69 Å². The Balaban J connectivity index is 2.16. The zero-order chi connectivity index (χ0) is 13.1. The van der Waals surface area contributed by atoms with Gasteiger partial charge in [0.15, 0.2) is 0 Å². The zero-order valence-electron chi connectivity index (χ0n) is 9.29. The molecule has 0 amide bonds. The average molecular weight is 391 g/mol. The van der Waals surface area contributed by atoms with E-state index >= 15 is 0 Å². The summed E-state index contributed by atoms with van der Waals surface area (Å²) in [5, 5.41) is 0.700. The number of benzene rings is 2. The molecule has 0 aliphatic heterocycles. The van der Waals surface area contributed by atoms with Gasteiger partial charge in [-0.2, -0.15) is 0 Å². The number of nitrogen functional groups attached to an aromatic ring is 1. The molecule has 2 N–H and O–H groups in total. The van der Waals surface area contributed by atoms with E-state index in [1.54, 1.807) is 12.1 Å². The normalized spacial score (nSPS) is 10.4. The Kier molecular flexibility index (Phi) is 4.54. The summed E-state index contributed by atoms with van der Waals surface area (Å²) in [5.41, 5.74) is 7.40. The highest BCUT2D eigenvalue weighted by Crippen LogP contribution is 2.36. The Labute approximate surface area is 127 Å². The maximum atomic E-state index is 5.92. The number of anilines is 1. The van der Waals surface area contributed by atoms with Gasteiger partial charge in [-0.25, -0.2) is 0 Å². The van der Waals surface area contributed by atoms with Crippen LogP contribution in [0.3, 0.4) is 0 Å². The highest BCUT2D eigenvalue weighted by atomic mass is 79.9. The fourth-order valence-corrected chi connectivity index (χ4v) is 3.16. The van der Waals surface area contributed by atoms with Crippen molar-refractivity contribution in [3.05, 3.63) is 55.9 Å². The molecular formula is C13H10Br2ClNO. The van der Waals surface area contributed by atoms with Crippen molar-refractivity contribution in [2.45, 2.75) is 6.61 Å². The van der Waals surface area contributed by atoms with Crippen molar-refractivity contribution in [1.29, 1.82) is 0 Å². The molecular weight excluding hydrogens is 381 g/mol. The third-order valence-corrected chi connectivity index (χ3v) is 3.71. The van der Waals surface area contributed by atoms with Crippen molar-refractivity contribution >= 4 is 49.1 Å². The fourth-order valence-electron chi connectivity index (χ4n) is 1.50. The monoisotopic (exact) mass is 389 g/mol. The topological polar surface area (TPSA) is 35.2 Å². The smallest absolute Gasteiger partial charge is 0.148 e. The van der Waals surface area contributed by atoms with Crippen LogP contribution in [0.25, 0.3) is 0 Å². The predicted octanol–water partition coefficient (Wildman–Crippen LogP) is 5.03. The van der Waals surface area contributed by atoms with Crippen LogP contribution < -0.4 is 10.5 Å². The van der Waals surface area contributed by atoms with Crippen LogP contribution in [-0.2, 0) is 6.61 Å². The molecule has 94 valence electrons. The zero-order valence-corrected chi connectivity index (χ0v) is 13.2. The lowest BCUT2D eigenvalue weighted by Crippen LogP contribution is -1.97. The van der Waals surface area contributed by atoms with Gasteiger partial charge in [0, 0.05) is 10.7 Å². The maximum Gasteiger partial charge on any atom is 0.148 e. The standard InChI is InChI=1S/C13H10Br2ClNO/c14-11-5-10(17)6-12(15)13(11)18-7-8-2-1-3-9(16)4-8/h1-6H,7,17H2. The van der Waals surface area contributed by atoms with Gasteiger partial charge >= 0.3 is 0 Å². The summed E-state index contributed by atoms with van der Waals surface area (Å²) in [4.78, 5) is 0. The van der Waals surface area contributed by atoms with Gasteiger partial charge in [-0.1, -0.05) is 23.7 Å². The predicted molar refractivity (Wildman–Crippen MR) is 82.0 cm³/mol. The van der Waals surface area contributed by atoms with Crippen LogP contribution in [0.1, 0.15) is 5.56 Å². The van der Waals surface area contributed by atoms with Gasteiger partial charge < -0.3 is 10.5 Å². The minimum Gasteiger partial charge on any atom is -0.487 e. The van der Waals surface area contributed by atoms with Crippen molar-refractivity contribution in [1.82, 2.24) is 0 Å². The van der Waals surface area contributed by atoms with Crippen molar-refractivity contribution in [3.8, 4) is 5.75 Å². The first-order chi connectivity index (χ1) is 8.56. The van der Waals surface area contributed by atoms with Gasteiger partial charge in [-0.3, -0.25) is 0 Å². The van der Waals surface area contributed by atoms with E-state index < -0.39 is 0 Å². The molecule has 0 heterocycles. The van der Waals surface area contributed by atoms with Crippen LogP contribution >= 0.6 is 43.5 Å². The quantitative estimate of drug-likeness (QED) is 0.745. The first-order valence-corrected chi connectivity index (χ1v) is 7.14. The summed E-state index contributed by atoms with van der Waals surface area (Å²) in [5.74, 6) is 0.726. The van der Waals surface area contributed by atoms with Crippen LogP contribution in [0.2, 0.25) is 5.02 Å². The van der Waals surface area contributed by atoms with E-state index in [-0.39, 0.29) is 0 Å². The largest absolute Gasteiger partial charge is 0.487 e. The molecule has 0 bridgehead atoms. The van der Waals surface area contributed by atoms with Crippen LogP contribution in [0.15, 0.2) is 45.3 Å². The molecule has 2 aromatic carbocycles. The molecule has 18 heavy (non-hydrogen) atoms. The van der Waals surface area contributed by atoms with Gasteiger partial charge in [0.1, 0.15) is 12.4 Å². The molecule has 5 heteroatoms. The highest BCUT2D eigenvalue weighted by Gasteiger charge is 2.08. The Morgan fingerprint density at radius 3 is 2.39 bits per heavy atom. The molecule has 0 saturated carbocycles. The lowest BCUT2D eigenvalue weighted by atomic mass is 10.2. The Morgan fingerprint density at radius 2 is 1.78 bits per heavy atom.